The number of benzene rings is 1. The molecule has 0 aliphatic heterocycles. The van der Waals surface area contributed by atoms with Crippen molar-refractivity contribution in [2.75, 3.05) is 6.61 Å². The van der Waals surface area contributed by atoms with Gasteiger partial charge in [0.2, 0.25) is 0 Å². The Bertz CT molecular complexity index is 380. The third-order valence-corrected chi connectivity index (χ3v) is 4.41. The zero-order valence-electron chi connectivity index (χ0n) is 11.7. The summed E-state index contributed by atoms with van der Waals surface area (Å²) in [6, 6.07) is 7.97. The summed E-state index contributed by atoms with van der Waals surface area (Å²) in [5, 5.41) is 22.3. The lowest BCUT2D eigenvalue weighted by Gasteiger charge is -2.39. The van der Waals surface area contributed by atoms with E-state index in [1.165, 1.54) is 18.4 Å². The van der Waals surface area contributed by atoms with E-state index in [4.69, 9.17) is 5.11 Å². The Balaban J connectivity index is 1.91. The fraction of sp³-hybridized carbons (Fsp3) is 0.625. The zero-order valence-corrected chi connectivity index (χ0v) is 11.7. The third-order valence-electron chi connectivity index (χ3n) is 4.41. The second kappa shape index (κ2) is 6.51. The second-order valence-corrected chi connectivity index (χ2v) is 5.95. The van der Waals surface area contributed by atoms with Gasteiger partial charge < -0.3 is 15.5 Å². The molecule has 0 saturated heterocycles. The van der Waals surface area contributed by atoms with Crippen molar-refractivity contribution < 1.29 is 10.2 Å². The molecule has 1 aliphatic carbocycles. The van der Waals surface area contributed by atoms with Gasteiger partial charge in [0, 0.05) is 12.1 Å². The maximum absolute atomic E-state index is 9.69. The molecule has 3 N–H and O–H groups in total. The monoisotopic (exact) mass is 263 g/mol. The molecule has 0 amide bonds. The first-order valence-corrected chi connectivity index (χ1v) is 7.22. The smallest absolute Gasteiger partial charge is 0.0681 e. The minimum absolute atomic E-state index is 0.0895. The molecule has 1 aromatic carbocycles. The quantitative estimate of drug-likeness (QED) is 0.763. The van der Waals surface area contributed by atoms with Crippen molar-refractivity contribution in [1.82, 2.24) is 5.32 Å². The van der Waals surface area contributed by atoms with Crippen LogP contribution in [0.4, 0.5) is 0 Å². The van der Waals surface area contributed by atoms with Gasteiger partial charge in [-0.15, -0.1) is 0 Å². The minimum atomic E-state index is -0.0951. The van der Waals surface area contributed by atoms with E-state index in [0.29, 0.717) is 0 Å². The second-order valence-electron chi connectivity index (χ2n) is 5.95. The molecule has 0 unspecified atom stereocenters. The molecule has 1 fully saturated rings. The average molecular weight is 263 g/mol. The van der Waals surface area contributed by atoms with Crippen molar-refractivity contribution in [2.45, 2.75) is 51.3 Å². The van der Waals surface area contributed by atoms with E-state index in [1.54, 1.807) is 0 Å². The lowest BCUT2D eigenvalue weighted by atomic mass is 9.77. The Morgan fingerprint density at radius 1 is 1.11 bits per heavy atom. The van der Waals surface area contributed by atoms with E-state index in [9.17, 15) is 5.11 Å². The molecule has 0 bridgehead atoms. The molecule has 1 aromatic rings. The van der Waals surface area contributed by atoms with Crippen LogP contribution >= 0.6 is 0 Å². The highest BCUT2D eigenvalue weighted by Gasteiger charge is 2.32. The van der Waals surface area contributed by atoms with Gasteiger partial charge in [-0.25, -0.2) is 0 Å². The van der Waals surface area contributed by atoms with Crippen LogP contribution in [0.15, 0.2) is 24.3 Å². The molecule has 0 radical (unpaired) electrons. The van der Waals surface area contributed by atoms with Crippen LogP contribution in [0.5, 0.6) is 0 Å². The maximum Gasteiger partial charge on any atom is 0.0681 e. The van der Waals surface area contributed by atoms with Crippen LogP contribution in [0.1, 0.15) is 43.7 Å². The van der Waals surface area contributed by atoms with Gasteiger partial charge >= 0.3 is 0 Å². The summed E-state index contributed by atoms with van der Waals surface area (Å²) in [5.41, 5.74) is 2.04. The van der Waals surface area contributed by atoms with Crippen LogP contribution in [0.25, 0.3) is 0 Å². The third kappa shape index (κ3) is 3.78. The first kappa shape index (κ1) is 14.5. The predicted octanol–water partition coefficient (Wildman–Crippen LogP) is 2.21. The van der Waals surface area contributed by atoms with Gasteiger partial charge in [0.15, 0.2) is 0 Å². The van der Waals surface area contributed by atoms with E-state index in [-0.39, 0.29) is 18.8 Å². The highest BCUT2D eigenvalue weighted by molar-refractivity contribution is 5.22. The molecule has 19 heavy (non-hydrogen) atoms. The van der Waals surface area contributed by atoms with Crippen LogP contribution in [-0.4, -0.2) is 22.4 Å². The van der Waals surface area contributed by atoms with Gasteiger partial charge in [-0.3, -0.25) is 0 Å². The summed E-state index contributed by atoms with van der Waals surface area (Å²) in [7, 11) is 0. The summed E-state index contributed by atoms with van der Waals surface area (Å²) in [5.74, 6) is 0.783. The standard InChI is InChI=1S/C16H25NO2/c1-13-6-8-16(12-19,9-7-13)17-10-14-2-4-15(11-18)5-3-14/h2-5,13,17-19H,6-12H2,1H3. The number of hydrogen-bond acceptors (Lipinski definition) is 3. The Morgan fingerprint density at radius 2 is 1.68 bits per heavy atom. The van der Waals surface area contributed by atoms with Crippen molar-refractivity contribution in [2.24, 2.45) is 5.92 Å². The Labute approximate surface area is 115 Å². The van der Waals surface area contributed by atoms with Gasteiger partial charge in [-0.1, -0.05) is 31.2 Å². The molecular weight excluding hydrogens is 238 g/mol. The van der Waals surface area contributed by atoms with Crippen molar-refractivity contribution in [3.05, 3.63) is 35.4 Å². The van der Waals surface area contributed by atoms with Crippen molar-refractivity contribution in [1.29, 1.82) is 0 Å². The first-order chi connectivity index (χ1) is 9.17. The molecule has 3 nitrogen and oxygen atoms in total. The van der Waals surface area contributed by atoms with Gasteiger partial charge in [0.25, 0.3) is 0 Å². The van der Waals surface area contributed by atoms with Gasteiger partial charge in [-0.05, 0) is 42.7 Å². The van der Waals surface area contributed by atoms with Crippen LogP contribution in [0.2, 0.25) is 0 Å². The molecular formula is C16H25NO2. The predicted molar refractivity (Wildman–Crippen MR) is 76.7 cm³/mol. The lowest BCUT2D eigenvalue weighted by molar-refractivity contribution is 0.104. The summed E-state index contributed by atoms with van der Waals surface area (Å²) in [4.78, 5) is 0. The molecule has 2 rings (SSSR count). The van der Waals surface area contributed by atoms with E-state index in [2.05, 4.69) is 12.2 Å². The Kier molecular flexibility index (Phi) is 4.97. The topological polar surface area (TPSA) is 52.5 Å². The fourth-order valence-electron chi connectivity index (χ4n) is 2.76. The van der Waals surface area contributed by atoms with Crippen LogP contribution < -0.4 is 5.32 Å². The van der Waals surface area contributed by atoms with Crippen LogP contribution in [-0.2, 0) is 13.2 Å². The number of nitrogens with one attached hydrogen (secondary N) is 1. The van der Waals surface area contributed by atoms with Gasteiger partial charge in [-0.2, -0.15) is 0 Å². The summed E-state index contributed by atoms with van der Waals surface area (Å²) >= 11 is 0. The van der Waals surface area contributed by atoms with E-state index in [0.717, 1.165) is 30.9 Å². The average Bonchev–Trinajstić information content (AvgIpc) is 2.48. The Hall–Kier alpha value is -0.900. The van der Waals surface area contributed by atoms with Gasteiger partial charge in [0.05, 0.1) is 13.2 Å². The summed E-state index contributed by atoms with van der Waals surface area (Å²) in [6.07, 6.45) is 4.49. The first-order valence-electron chi connectivity index (χ1n) is 7.22. The Morgan fingerprint density at radius 3 is 2.21 bits per heavy atom. The SMILES string of the molecule is CC1CCC(CO)(NCc2ccc(CO)cc2)CC1. The highest BCUT2D eigenvalue weighted by Crippen LogP contribution is 2.31. The van der Waals surface area contributed by atoms with E-state index < -0.39 is 0 Å². The fourth-order valence-corrected chi connectivity index (χ4v) is 2.76. The maximum atomic E-state index is 9.69. The number of hydrogen-bond donors (Lipinski definition) is 3. The molecule has 0 heterocycles. The lowest BCUT2D eigenvalue weighted by Crippen LogP contribution is -2.50. The number of rotatable bonds is 5. The molecule has 1 aliphatic rings. The number of aliphatic hydroxyl groups excluding tert-OH is 2. The van der Waals surface area contributed by atoms with Crippen molar-refractivity contribution in [3.63, 3.8) is 0 Å². The van der Waals surface area contributed by atoms with Crippen molar-refractivity contribution >= 4 is 0 Å². The summed E-state index contributed by atoms with van der Waals surface area (Å²) in [6.45, 7) is 3.37. The molecule has 0 atom stereocenters. The highest BCUT2D eigenvalue weighted by atomic mass is 16.3. The van der Waals surface area contributed by atoms with Crippen molar-refractivity contribution in [3.8, 4) is 0 Å². The minimum Gasteiger partial charge on any atom is -0.394 e. The number of aliphatic hydroxyl groups is 2. The molecule has 0 spiro atoms. The van der Waals surface area contributed by atoms with E-state index >= 15 is 0 Å². The summed E-state index contributed by atoms with van der Waals surface area (Å²) < 4.78 is 0. The molecule has 3 heteroatoms. The van der Waals surface area contributed by atoms with Crippen LogP contribution in [0, 0.1) is 5.92 Å². The normalized spacial score (nSPS) is 27.4. The zero-order chi connectivity index (χ0) is 13.7. The molecule has 106 valence electrons. The van der Waals surface area contributed by atoms with Crippen LogP contribution in [0.3, 0.4) is 0 Å². The largest absolute Gasteiger partial charge is 0.394 e. The molecule has 0 aromatic heterocycles. The molecule has 1 saturated carbocycles. The van der Waals surface area contributed by atoms with E-state index in [1.807, 2.05) is 24.3 Å². The van der Waals surface area contributed by atoms with Gasteiger partial charge in [0.1, 0.15) is 0 Å².